The predicted octanol–water partition coefficient (Wildman–Crippen LogP) is 1.66. The lowest BCUT2D eigenvalue weighted by Crippen LogP contribution is -2.08. The standard InChI is InChI=1S/C12H15NO3/c1-2-15-11-6-4-3-5-10(11)12(9-13)16-8-7-14/h3-6,12,14H,2,7-8H2,1H3. The van der Waals surface area contributed by atoms with Crippen LogP contribution in [0.3, 0.4) is 0 Å². The van der Waals surface area contributed by atoms with E-state index in [1.807, 2.05) is 25.1 Å². The van der Waals surface area contributed by atoms with Gasteiger partial charge in [-0.2, -0.15) is 5.26 Å². The number of benzene rings is 1. The van der Waals surface area contributed by atoms with Crippen LogP contribution in [0.5, 0.6) is 5.75 Å². The van der Waals surface area contributed by atoms with Crippen LogP contribution >= 0.6 is 0 Å². The third-order valence-corrected chi connectivity index (χ3v) is 1.99. The van der Waals surface area contributed by atoms with Gasteiger partial charge in [0.05, 0.1) is 25.9 Å². The monoisotopic (exact) mass is 221 g/mol. The number of hydrogen-bond acceptors (Lipinski definition) is 4. The highest BCUT2D eigenvalue weighted by Gasteiger charge is 2.15. The van der Waals surface area contributed by atoms with Crippen LogP contribution in [0.15, 0.2) is 24.3 Å². The molecule has 0 saturated heterocycles. The van der Waals surface area contributed by atoms with E-state index in [-0.39, 0.29) is 13.2 Å². The Bertz CT molecular complexity index is 360. The molecule has 86 valence electrons. The maximum absolute atomic E-state index is 8.99. The fraction of sp³-hybridized carbons (Fsp3) is 0.417. The smallest absolute Gasteiger partial charge is 0.172 e. The van der Waals surface area contributed by atoms with Crippen LogP contribution in [0.4, 0.5) is 0 Å². The van der Waals surface area contributed by atoms with Crippen molar-refractivity contribution in [2.75, 3.05) is 19.8 Å². The summed E-state index contributed by atoms with van der Waals surface area (Å²) < 4.78 is 10.6. The lowest BCUT2D eigenvalue weighted by atomic mass is 10.1. The van der Waals surface area contributed by atoms with Gasteiger partial charge in [-0.15, -0.1) is 0 Å². The summed E-state index contributed by atoms with van der Waals surface area (Å²) in [7, 11) is 0. The maximum Gasteiger partial charge on any atom is 0.172 e. The first-order chi connectivity index (χ1) is 7.83. The molecule has 16 heavy (non-hydrogen) atoms. The number of aliphatic hydroxyl groups excluding tert-OH is 1. The lowest BCUT2D eigenvalue weighted by Gasteiger charge is -2.14. The highest BCUT2D eigenvalue weighted by molar-refractivity contribution is 5.37. The predicted molar refractivity (Wildman–Crippen MR) is 59.0 cm³/mol. The molecule has 0 aliphatic rings. The van der Waals surface area contributed by atoms with Crippen LogP contribution in [0, 0.1) is 11.3 Å². The van der Waals surface area contributed by atoms with E-state index in [0.29, 0.717) is 17.9 Å². The Kier molecular flexibility index (Phi) is 5.34. The zero-order valence-electron chi connectivity index (χ0n) is 9.22. The molecule has 0 amide bonds. The van der Waals surface area contributed by atoms with E-state index in [4.69, 9.17) is 19.8 Å². The fourth-order valence-corrected chi connectivity index (χ4v) is 1.35. The van der Waals surface area contributed by atoms with Crippen LogP contribution in [-0.2, 0) is 4.74 Å². The Balaban J connectivity index is 2.86. The van der Waals surface area contributed by atoms with Gasteiger partial charge in [-0.25, -0.2) is 0 Å². The minimum Gasteiger partial charge on any atom is -0.493 e. The van der Waals surface area contributed by atoms with E-state index in [1.54, 1.807) is 12.1 Å². The van der Waals surface area contributed by atoms with Gasteiger partial charge in [-0.05, 0) is 13.0 Å². The number of aliphatic hydroxyl groups is 1. The zero-order chi connectivity index (χ0) is 11.8. The Hall–Kier alpha value is -1.57. The van der Waals surface area contributed by atoms with Crippen molar-refractivity contribution in [3.05, 3.63) is 29.8 Å². The van der Waals surface area contributed by atoms with E-state index < -0.39 is 6.10 Å². The average molecular weight is 221 g/mol. The quantitative estimate of drug-likeness (QED) is 0.793. The van der Waals surface area contributed by atoms with Crippen LogP contribution in [-0.4, -0.2) is 24.9 Å². The van der Waals surface area contributed by atoms with Gasteiger partial charge >= 0.3 is 0 Å². The third kappa shape index (κ3) is 3.23. The molecule has 0 fully saturated rings. The molecule has 1 N–H and O–H groups in total. The number of hydrogen-bond donors (Lipinski definition) is 1. The molecule has 1 rings (SSSR count). The Morgan fingerprint density at radius 1 is 1.44 bits per heavy atom. The van der Waals surface area contributed by atoms with Crippen molar-refractivity contribution in [3.8, 4) is 11.8 Å². The molecule has 0 aromatic heterocycles. The molecule has 1 unspecified atom stereocenters. The first kappa shape index (κ1) is 12.5. The normalized spacial score (nSPS) is 11.8. The van der Waals surface area contributed by atoms with E-state index >= 15 is 0 Å². The van der Waals surface area contributed by atoms with Crippen molar-refractivity contribution in [3.63, 3.8) is 0 Å². The molecule has 1 aromatic carbocycles. The summed E-state index contributed by atoms with van der Waals surface area (Å²) in [5.41, 5.74) is 0.695. The molecular formula is C12H15NO3. The summed E-state index contributed by atoms with van der Waals surface area (Å²) in [4.78, 5) is 0. The SMILES string of the molecule is CCOc1ccccc1C(C#N)OCCO. The summed E-state index contributed by atoms with van der Waals surface area (Å²) in [6.45, 7) is 2.45. The summed E-state index contributed by atoms with van der Waals surface area (Å²) in [5.74, 6) is 0.648. The van der Waals surface area contributed by atoms with Crippen molar-refractivity contribution >= 4 is 0 Å². The number of nitriles is 1. The minimum absolute atomic E-state index is 0.102. The topological polar surface area (TPSA) is 62.5 Å². The molecule has 0 heterocycles. The number of para-hydroxylation sites is 1. The minimum atomic E-state index is -0.699. The van der Waals surface area contributed by atoms with Crippen molar-refractivity contribution in [2.45, 2.75) is 13.0 Å². The molecule has 1 aromatic rings. The molecule has 1 atom stereocenters. The molecule has 4 nitrogen and oxygen atoms in total. The van der Waals surface area contributed by atoms with Crippen molar-refractivity contribution in [2.24, 2.45) is 0 Å². The molecule has 0 saturated carbocycles. The molecule has 0 aliphatic heterocycles. The van der Waals surface area contributed by atoms with Crippen molar-refractivity contribution in [1.29, 1.82) is 5.26 Å². The summed E-state index contributed by atoms with van der Waals surface area (Å²) in [6, 6.07) is 9.29. The van der Waals surface area contributed by atoms with Crippen LogP contribution in [0.1, 0.15) is 18.6 Å². The van der Waals surface area contributed by atoms with E-state index in [9.17, 15) is 0 Å². The summed E-state index contributed by atoms with van der Waals surface area (Å²) >= 11 is 0. The largest absolute Gasteiger partial charge is 0.493 e. The Labute approximate surface area is 95.0 Å². The average Bonchev–Trinajstić information content (AvgIpc) is 2.32. The van der Waals surface area contributed by atoms with Crippen LogP contribution in [0.25, 0.3) is 0 Å². The second kappa shape index (κ2) is 6.83. The van der Waals surface area contributed by atoms with Gasteiger partial charge in [0.1, 0.15) is 5.75 Å². The molecular weight excluding hydrogens is 206 g/mol. The van der Waals surface area contributed by atoms with E-state index in [2.05, 4.69) is 0 Å². The van der Waals surface area contributed by atoms with Crippen molar-refractivity contribution < 1.29 is 14.6 Å². The fourth-order valence-electron chi connectivity index (χ4n) is 1.35. The Morgan fingerprint density at radius 2 is 2.19 bits per heavy atom. The van der Waals surface area contributed by atoms with Gasteiger partial charge in [0, 0.05) is 5.56 Å². The van der Waals surface area contributed by atoms with Gasteiger partial charge in [-0.1, -0.05) is 18.2 Å². The van der Waals surface area contributed by atoms with Gasteiger partial charge in [0.25, 0.3) is 0 Å². The zero-order valence-corrected chi connectivity index (χ0v) is 9.22. The highest BCUT2D eigenvalue weighted by atomic mass is 16.5. The van der Waals surface area contributed by atoms with Gasteiger partial charge in [0.2, 0.25) is 0 Å². The third-order valence-electron chi connectivity index (χ3n) is 1.99. The summed E-state index contributed by atoms with van der Waals surface area (Å²) in [5, 5.41) is 17.7. The second-order valence-corrected chi connectivity index (χ2v) is 3.07. The number of nitrogens with zero attached hydrogens (tertiary/aromatic N) is 1. The maximum atomic E-state index is 8.99. The second-order valence-electron chi connectivity index (χ2n) is 3.07. The molecule has 0 aliphatic carbocycles. The summed E-state index contributed by atoms with van der Waals surface area (Å²) in [6.07, 6.45) is -0.699. The van der Waals surface area contributed by atoms with Gasteiger partial charge in [0.15, 0.2) is 6.10 Å². The van der Waals surface area contributed by atoms with Gasteiger partial charge < -0.3 is 14.6 Å². The number of rotatable bonds is 6. The highest BCUT2D eigenvalue weighted by Crippen LogP contribution is 2.26. The van der Waals surface area contributed by atoms with Crippen molar-refractivity contribution in [1.82, 2.24) is 0 Å². The first-order valence-electron chi connectivity index (χ1n) is 5.17. The van der Waals surface area contributed by atoms with Crippen LogP contribution in [0.2, 0.25) is 0 Å². The van der Waals surface area contributed by atoms with Gasteiger partial charge in [-0.3, -0.25) is 0 Å². The lowest BCUT2D eigenvalue weighted by molar-refractivity contribution is 0.0566. The van der Waals surface area contributed by atoms with E-state index in [0.717, 1.165) is 0 Å². The first-order valence-corrected chi connectivity index (χ1v) is 5.17. The van der Waals surface area contributed by atoms with E-state index in [1.165, 1.54) is 0 Å². The number of ether oxygens (including phenoxy) is 2. The van der Waals surface area contributed by atoms with Crippen LogP contribution < -0.4 is 4.74 Å². The molecule has 4 heteroatoms. The molecule has 0 spiro atoms. The Morgan fingerprint density at radius 3 is 2.81 bits per heavy atom. The molecule has 0 radical (unpaired) electrons. The molecule has 0 bridgehead atoms.